The number of carbonyl (C=O) groups excluding carboxylic acids is 1. The van der Waals surface area contributed by atoms with Crippen molar-refractivity contribution in [2.75, 3.05) is 4.72 Å². The second-order valence-corrected chi connectivity index (χ2v) is 9.15. The Morgan fingerprint density at radius 1 is 1.07 bits per heavy atom. The summed E-state index contributed by atoms with van der Waals surface area (Å²) in [6.45, 7) is 1.82. The Kier molecular flexibility index (Phi) is 5.03. The Hall–Kier alpha value is -3.24. The third kappa shape index (κ3) is 3.98. The molecule has 3 heterocycles. The topological polar surface area (TPSA) is 105 Å². The minimum absolute atomic E-state index is 0.230. The van der Waals surface area contributed by atoms with Crippen molar-refractivity contribution in [3.63, 3.8) is 0 Å². The first kappa shape index (κ1) is 19.1. The van der Waals surface area contributed by atoms with Gasteiger partial charge in [0.2, 0.25) is 0 Å². The summed E-state index contributed by atoms with van der Waals surface area (Å²) in [4.78, 5) is 12.6. The van der Waals surface area contributed by atoms with E-state index < -0.39 is 10.0 Å². The molecule has 10 heteroatoms. The van der Waals surface area contributed by atoms with Gasteiger partial charge in [-0.2, -0.15) is 0 Å². The van der Waals surface area contributed by atoms with E-state index in [0.717, 1.165) is 11.3 Å². The summed E-state index contributed by atoms with van der Waals surface area (Å²) in [6.07, 6.45) is 1.84. The number of fused-ring (bicyclic) bond motifs is 1. The fraction of sp³-hybridized carbons (Fsp3) is 0.105. The number of sulfonamides is 1. The van der Waals surface area contributed by atoms with Gasteiger partial charge in [0.05, 0.1) is 6.04 Å². The van der Waals surface area contributed by atoms with Gasteiger partial charge in [-0.05, 0) is 54.8 Å². The quantitative estimate of drug-likeness (QED) is 0.492. The number of hydrogen-bond acceptors (Lipinski definition) is 6. The number of benzene rings is 1. The van der Waals surface area contributed by atoms with Gasteiger partial charge in [-0.1, -0.05) is 12.1 Å². The van der Waals surface area contributed by atoms with Crippen molar-refractivity contribution in [3.05, 3.63) is 77.6 Å². The monoisotopic (exact) mass is 427 g/mol. The summed E-state index contributed by atoms with van der Waals surface area (Å²) in [5.74, 6) is 0.326. The van der Waals surface area contributed by atoms with Crippen molar-refractivity contribution in [2.24, 2.45) is 0 Å². The van der Waals surface area contributed by atoms with Crippen LogP contribution in [0.2, 0.25) is 0 Å². The lowest BCUT2D eigenvalue weighted by Gasteiger charge is -2.13. The van der Waals surface area contributed by atoms with Crippen LogP contribution in [0.1, 0.15) is 29.1 Å². The predicted molar refractivity (Wildman–Crippen MR) is 110 cm³/mol. The molecule has 4 rings (SSSR count). The summed E-state index contributed by atoms with van der Waals surface area (Å²) in [5, 5.41) is 12.8. The molecule has 0 aliphatic carbocycles. The van der Waals surface area contributed by atoms with Gasteiger partial charge in [0.15, 0.2) is 11.5 Å². The van der Waals surface area contributed by atoms with E-state index in [1.165, 1.54) is 6.07 Å². The molecule has 0 aliphatic rings. The second kappa shape index (κ2) is 7.64. The van der Waals surface area contributed by atoms with Crippen molar-refractivity contribution >= 4 is 38.6 Å². The molecule has 1 atom stereocenters. The molecular formula is C19H17N5O3S2. The second-order valence-electron chi connectivity index (χ2n) is 6.30. The number of pyridine rings is 1. The van der Waals surface area contributed by atoms with Gasteiger partial charge in [0.25, 0.3) is 15.9 Å². The Labute approximate surface area is 171 Å². The number of aromatic nitrogens is 3. The van der Waals surface area contributed by atoms with Gasteiger partial charge in [-0.15, -0.1) is 21.5 Å². The average Bonchev–Trinajstić information content (AvgIpc) is 3.38. The third-order valence-corrected chi connectivity index (χ3v) is 7.01. The maximum Gasteiger partial charge on any atom is 0.271 e. The van der Waals surface area contributed by atoms with Crippen LogP contribution >= 0.6 is 11.3 Å². The highest BCUT2D eigenvalue weighted by Crippen LogP contribution is 2.21. The molecular weight excluding hydrogens is 410 g/mol. The van der Waals surface area contributed by atoms with Crippen molar-refractivity contribution in [1.82, 2.24) is 19.9 Å². The average molecular weight is 428 g/mol. The number of hydrogen-bond donors (Lipinski definition) is 2. The normalized spacial score (nSPS) is 12.6. The van der Waals surface area contributed by atoms with Crippen molar-refractivity contribution in [1.29, 1.82) is 0 Å². The highest BCUT2D eigenvalue weighted by atomic mass is 32.2. The highest BCUT2D eigenvalue weighted by Gasteiger charge is 2.18. The van der Waals surface area contributed by atoms with Crippen LogP contribution in [0, 0.1) is 0 Å². The van der Waals surface area contributed by atoms with Crippen molar-refractivity contribution in [3.8, 4) is 0 Å². The fourth-order valence-electron chi connectivity index (χ4n) is 2.81. The molecule has 0 spiro atoms. The minimum atomic E-state index is -3.62. The Morgan fingerprint density at radius 2 is 1.86 bits per heavy atom. The van der Waals surface area contributed by atoms with E-state index in [9.17, 15) is 13.2 Å². The lowest BCUT2D eigenvalue weighted by Crippen LogP contribution is -2.28. The van der Waals surface area contributed by atoms with E-state index in [0.29, 0.717) is 22.7 Å². The number of thiophene rings is 1. The lowest BCUT2D eigenvalue weighted by molar-refractivity contribution is 0.0938. The Bertz CT molecular complexity index is 1250. The molecule has 2 N–H and O–H groups in total. The number of carbonyl (C=O) groups is 1. The molecule has 29 heavy (non-hydrogen) atoms. The van der Waals surface area contributed by atoms with E-state index >= 15 is 0 Å². The third-order valence-electron chi connectivity index (χ3n) is 4.23. The highest BCUT2D eigenvalue weighted by molar-refractivity contribution is 7.94. The zero-order valence-electron chi connectivity index (χ0n) is 15.3. The van der Waals surface area contributed by atoms with Crippen LogP contribution in [0.3, 0.4) is 0 Å². The minimum Gasteiger partial charge on any atom is -0.342 e. The number of nitrogens with zero attached hydrogens (tertiary/aromatic N) is 3. The molecule has 1 aromatic carbocycles. The molecule has 0 radical (unpaired) electrons. The van der Waals surface area contributed by atoms with Gasteiger partial charge in [-0.3, -0.25) is 13.9 Å². The largest absolute Gasteiger partial charge is 0.342 e. The summed E-state index contributed by atoms with van der Waals surface area (Å²) in [7, 11) is -3.62. The predicted octanol–water partition coefficient (Wildman–Crippen LogP) is 3.08. The molecule has 148 valence electrons. The molecule has 0 bridgehead atoms. The van der Waals surface area contributed by atoms with Crippen LogP contribution in [0.15, 0.2) is 70.4 Å². The number of anilines is 1. The summed E-state index contributed by atoms with van der Waals surface area (Å²) in [5.41, 5.74) is 1.49. The van der Waals surface area contributed by atoms with E-state index in [1.54, 1.807) is 35.7 Å². The molecule has 8 nitrogen and oxygen atoms in total. The van der Waals surface area contributed by atoms with Crippen LogP contribution in [0.25, 0.3) is 5.65 Å². The number of rotatable bonds is 6. The maximum atomic E-state index is 12.6. The van der Waals surface area contributed by atoms with Gasteiger partial charge in [0.1, 0.15) is 4.21 Å². The van der Waals surface area contributed by atoms with E-state index in [4.69, 9.17) is 0 Å². The van der Waals surface area contributed by atoms with E-state index in [2.05, 4.69) is 20.2 Å². The zero-order chi connectivity index (χ0) is 20.4. The molecule has 0 saturated heterocycles. The van der Waals surface area contributed by atoms with Gasteiger partial charge < -0.3 is 5.32 Å². The van der Waals surface area contributed by atoms with Crippen LogP contribution in [0.5, 0.6) is 0 Å². The maximum absolute atomic E-state index is 12.6. The first-order valence-corrected chi connectivity index (χ1v) is 11.1. The van der Waals surface area contributed by atoms with Crippen LogP contribution in [0.4, 0.5) is 5.69 Å². The van der Waals surface area contributed by atoms with E-state index in [-0.39, 0.29) is 16.2 Å². The molecule has 0 aliphatic heterocycles. The SMILES string of the molecule is CC(NC(=O)c1ccc(NS(=O)(=O)c2cccs2)cc1)c1nnc2ccccn12. The smallest absolute Gasteiger partial charge is 0.271 e. The van der Waals surface area contributed by atoms with Crippen LogP contribution in [-0.4, -0.2) is 28.9 Å². The molecule has 3 aromatic heterocycles. The summed E-state index contributed by atoms with van der Waals surface area (Å²) < 4.78 is 29.1. The Balaban J connectivity index is 1.45. The van der Waals surface area contributed by atoms with Gasteiger partial charge >= 0.3 is 0 Å². The van der Waals surface area contributed by atoms with Crippen LogP contribution in [-0.2, 0) is 10.0 Å². The molecule has 0 saturated carbocycles. The lowest BCUT2D eigenvalue weighted by atomic mass is 10.2. The summed E-state index contributed by atoms with van der Waals surface area (Å²) in [6, 6.07) is 14.6. The first-order valence-electron chi connectivity index (χ1n) is 8.71. The Morgan fingerprint density at radius 3 is 2.59 bits per heavy atom. The van der Waals surface area contributed by atoms with Crippen LogP contribution < -0.4 is 10.0 Å². The standard InChI is InChI=1S/C19H17N5O3S2/c1-13(18-22-21-16-5-2-3-11-24(16)18)20-19(25)14-7-9-15(10-8-14)23-29(26,27)17-6-4-12-28-17/h2-13,23H,1H3,(H,20,25). The molecule has 4 aromatic rings. The zero-order valence-corrected chi connectivity index (χ0v) is 16.9. The molecule has 1 unspecified atom stereocenters. The first-order chi connectivity index (χ1) is 13.9. The number of amides is 1. The number of nitrogens with one attached hydrogen (secondary N) is 2. The van der Waals surface area contributed by atoms with E-state index in [1.807, 2.05) is 35.7 Å². The molecule has 1 amide bonds. The van der Waals surface area contributed by atoms with Crippen molar-refractivity contribution in [2.45, 2.75) is 17.2 Å². The van der Waals surface area contributed by atoms with Gasteiger partial charge in [0, 0.05) is 17.4 Å². The van der Waals surface area contributed by atoms with Gasteiger partial charge in [-0.25, -0.2) is 8.42 Å². The summed E-state index contributed by atoms with van der Waals surface area (Å²) >= 11 is 1.14. The fourth-order valence-corrected chi connectivity index (χ4v) is 4.86. The molecule has 0 fully saturated rings. The van der Waals surface area contributed by atoms with Crippen molar-refractivity contribution < 1.29 is 13.2 Å².